The second-order valence-electron chi connectivity index (χ2n) is 5.66. The number of hydrogen-bond donors (Lipinski definition) is 1. The molecule has 3 heteroatoms. The first-order chi connectivity index (χ1) is 7.41. The van der Waals surface area contributed by atoms with E-state index in [1.165, 1.54) is 16.7 Å². The molecule has 0 spiro atoms. The first-order valence-electron chi connectivity index (χ1n) is 5.96. The Morgan fingerprint density at radius 2 is 1.94 bits per heavy atom. The van der Waals surface area contributed by atoms with E-state index in [2.05, 4.69) is 33.8 Å². The van der Waals surface area contributed by atoms with Crippen molar-refractivity contribution in [1.82, 2.24) is 0 Å². The number of nitrogens with two attached hydrogens (primary N) is 1. The van der Waals surface area contributed by atoms with Gasteiger partial charge in [0, 0.05) is 54.6 Å². The Bertz CT molecular complexity index is 421. The maximum Gasteiger partial charge on any atom is 0.128 e. The molecule has 0 atom stereocenters. The summed E-state index contributed by atoms with van der Waals surface area (Å²) in [6.07, 6.45) is 2.12. The van der Waals surface area contributed by atoms with E-state index in [9.17, 15) is 0 Å². The minimum absolute atomic E-state index is 0. The van der Waals surface area contributed by atoms with Crippen LogP contribution in [0.5, 0.6) is 5.75 Å². The van der Waals surface area contributed by atoms with Gasteiger partial charge in [-0.1, -0.05) is 20.8 Å². The molecule has 0 aromatic heterocycles. The molecule has 1 heterocycles. The van der Waals surface area contributed by atoms with E-state index in [4.69, 9.17) is 10.5 Å². The average molecular weight is 259 g/mol. The largest absolute Gasteiger partial charge is 0.493 e. The average Bonchev–Trinajstić information content (AvgIpc) is 2.22. The molecule has 2 rings (SSSR count). The van der Waals surface area contributed by atoms with E-state index in [-0.39, 0.29) is 43.2 Å². The van der Waals surface area contributed by atoms with Crippen LogP contribution >= 0.6 is 0 Å². The Balaban J connectivity index is 0.00000144. The molecule has 0 radical (unpaired) electrons. The second kappa shape index (κ2) is 5.38. The standard InChI is InChI=1S/C14H21NO.Ar/c1-9-8-11(14(2,3)4)13-10(12(9)15)6-5-7-16-13;/h8H,5-7,15H2,1-4H3;. The molecular formula is C14H21ArNO. The number of fused-ring (bicyclic) bond motifs is 1. The van der Waals surface area contributed by atoms with Crippen LogP contribution in [0.2, 0.25) is 0 Å². The molecule has 1 aromatic carbocycles. The maximum atomic E-state index is 6.14. The van der Waals surface area contributed by atoms with Crippen LogP contribution in [0, 0.1) is 44.7 Å². The molecule has 1 aliphatic rings. The second-order valence-corrected chi connectivity index (χ2v) is 5.66. The number of hydrogen-bond acceptors (Lipinski definition) is 2. The van der Waals surface area contributed by atoms with Crippen LogP contribution < -0.4 is 10.5 Å². The van der Waals surface area contributed by atoms with Crippen LogP contribution in [0.25, 0.3) is 0 Å². The SMILES string of the molecule is Cc1cc(C(C)(C)C)c2c(c1N)CCCO2.[Ar]. The zero-order valence-corrected chi connectivity index (χ0v) is 11.7. The number of ether oxygens (including phenoxy) is 1. The molecule has 2 nitrogen and oxygen atoms in total. The molecule has 0 aliphatic carbocycles. The van der Waals surface area contributed by atoms with E-state index in [0.29, 0.717) is 0 Å². The predicted molar refractivity (Wildman–Crippen MR) is 68.1 cm³/mol. The molecule has 1 aliphatic heterocycles. The van der Waals surface area contributed by atoms with Crippen molar-refractivity contribution in [2.24, 2.45) is 0 Å². The quantitative estimate of drug-likeness (QED) is 0.726. The van der Waals surface area contributed by atoms with Gasteiger partial charge in [0.2, 0.25) is 0 Å². The van der Waals surface area contributed by atoms with Gasteiger partial charge in [-0.15, -0.1) is 0 Å². The van der Waals surface area contributed by atoms with E-state index in [1.807, 2.05) is 0 Å². The minimum Gasteiger partial charge on any atom is -0.493 e. The normalized spacial score (nSPS) is 14.6. The van der Waals surface area contributed by atoms with Crippen LogP contribution in [-0.2, 0) is 11.8 Å². The summed E-state index contributed by atoms with van der Waals surface area (Å²) >= 11 is 0. The van der Waals surface area contributed by atoms with Gasteiger partial charge in [0.25, 0.3) is 0 Å². The van der Waals surface area contributed by atoms with Gasteiger partial charge in [-0.25, -0.2) is 0 Å². The van der Waals surface area contributed by atoms with Crippen molar-refractivity contribution >= 4 is 5.69 Å². The van der Waals surface area contributed by atoms with Gasteiger partial charge in [-0.05, 0) is 36.8 Å². The maximum absolute atomic E-state index is 6.14. The fourth-order valence-electron chi connectivity index (χ4n) is 2.28. The molecule has 0 bridgehead atoms. The fraction of sp³-hybridized carbons (Fsp3) is 0.571. The zero-order valence-electron chi connectivity index (χ0n) is 11.0. The molecule has 0 amide bonds. The van der Waals surface area contributed by atoms with Crippen molar-refractivity contribution in [3.05, 3.63) is 22.8 Å². The van der Waals surface area contributed by atoms with Gasteiger partial charge < -0.3 is 10.5 Å². The van der Waals surface area contributed by atoms with E-state index < -0.39 is 0 Å². The van der Waals surface area contributed by atoms with Gasteiger partial charge in [0.05, 0.1) is 6.61 Å². The number of aryl methyl sites for hydroxylation is 1. The van der Waals surface area contributed by atoms with Crippen LogP contribution in [0.4, 0.5) is 5.69 Å². The Kier molecular flexibility index (Phi) is 4.79. The number of benzene rings is 1. The molecule has 0 unspecified atom stereocenters. The summed E-state index contributed by atoms with van der Waals surface area (Å²) < 4.78 is 5.84. The van der Waals surface area contributed by atoms with Gasteiger partial charge in [0.1, 0.15) is 5.75 Å². The van der Waals surface area contributed by atoms with Crippen molar-refractivity contribution < 1.29 is 42.5 Å². The van der Waals surface area contributed by atoms with Gasteiger partial charge in [0.15, 0.2) is 0 Å². The number of nitrogen functional groups attached to an aromatic ring is 1. The number of rotatable bonds is 0. The summed E-state index contributed by atoms with van der Waals surface area (Å²) in [5.74, 6) is 1.04. The summed E-state index contributed by atoms with van der Waals surface area (Å²) in [5, 5.41) is 0. The molecule has 0 saturated carbocycles. The summed E-state index contributed by atoms with van der Waals surface area (Å²) in [7, 11) is 0. The van der Waals surface area contributed by atoms with Gasteiger partial charge >= 0.3 is 0 Å². The summed E-state index contributed by atoms with van der Waals surface area (Å²) in [5.41, 5.74) is 10.8. The fourth-order valence-corrected chi connectivity index (χ4v) is 2.28. The van der Waals surface area contributed by atoms with Crippen molar-refractivity contribution in [1.29, 1.82) is 0 Å². The first-order valence-corrected chi connectivity index (χ1v) is 5.96. The Labute approximate surface area is 134 Å². The van der Waals surface area contributed by atoms with E-state index in [1.54, 1.807) is 0 Å². The third kappa shape index (κ3) is 2.91. The van der Waals surface area contributed by atoms with Crippen LogP contribution in [0.3, 0.4) is 0 Å². The molecular weight excluding hydrogens is 238 g/mol. The molecule has 1 aromatic rings. The van der Waals surface area contributed by atoms with Gasteiger partial charge in [-0.3, -0.25) is 0 Å². The van der Waals surface area contributed by atoms with Crippen LogP contribution in [-0.4, -0.2) is 6.61 Å². The smallest absolute Gasteiger partial charge is 0.128 e. The summed E-state index contributed by atoms with van der Waals surface area (Å²) in [6.45, 7) is 9.56. The molecule has 2 N–H and O–H groups in total. The summed E-state index contributed by atoms with van der Waals surface area (Å²) in [4.78, 5) is 0. The topological polar surface area (TPSA) is 35.2 Å². The van der Waals surface area contributed by atoms with Crippen molar-refractivity contribution in [2.75, 3.05) is 12.3 Å². The molecule has 17 heavy (non-hydrogen) atoms. The van der Waals surface area contributed by atoms with Crippen LogP contribution in [0.1, 0.15) is 43.9 Å². The van der Waals surface area contributed by atoms with Crippen molar-refractivity contribution in [3.63, 3.8) is 0 Å². The first kappa shape index (κ1) is 15.1. The molecule has 0 saturated heterocycles. The van der Waals surface area contributed by atoms with E-state index in [0.717, 1.165) is 30.9 Å². The number of anilines is 1. The minimum atomic E-state index is 0. The molecule has 0 fully saturated rings. The zero-order chi connectivity index (χ0) is 11.9. The third-order valence-corrected chi connectivity index (χ3v) is 3.26. The monoisotopic (exact) mass is 259 g/mol. The predicted octanol–water partition coefficient (Wildman–Crippen LogP) is 3.20. The Hall–Kier alpha value is 0.0797. The Morgan fingerprint density at radius 1 is 1.29 bits per heavy atom. The van der Waals surface area contributed by atoms with E-state index >= 15 is 0 Å². The third-order valence-electron chi connectivity index (χ3n) is 3.26. The van der Waals surface area contributed by atoms with Gasteiger partial charge in [-0.2, -0.15) is 0 Å². The molecule has 96 valence electrons. The van der Waals surface area contributed by atoms with Crippen molar-refractivity contribution in [2.45, 2.75) is 46.0 Å². The van der Waals surface area contributed by atoms with Crippen LogP contribution in [0.15, 0.2) is 6.07 Å². The Morgan fingerprint density at radius 3 is 2.53 bits per heavy atom. The van der Waals surface area contributed by atoms with Crippen molar-refractivity contribution in [3.8, 4) is 5.75 Å². The summed E-state index contributed by atoms with van der Waals surface area (Å²) in [6, 6.07) is 2.18.